The second-order valence-corrected chi connectivity index (χ2v) is 5.28. The molecule has 1 atom stereocenters. The number of benzene rings is 1. The number of ketones is 1. The quantitative estimate of drug-likeness (QED) is 0.852. The zero-order valence-electron chi connectivity index (χ0n) is 12.5. The van der Waals surface area contributed by atoms with Crippen LogP contribution in [0.15, 0.2) is 47.7 Å². The van der Waals surface area contributed by atoms with Crippen molar-refractivity contribution < 1.29 is 18.4 Å². The number of nitrogens with one attached hydrogen (secondary N) is 1. The highest BCUT2D eigenvalue weighted by Crippen LogP contribution is 2.29. The summed E-state index contributed by atoms with van der Waals surface area (Å²) in [7, 11) is 0. The van der Waals surface area contributed by atoms with Crippen LogP contribution in [0.25, 0.3) is 0 Å². The Morgan fingerprint density at radius 1 is 1.18 bits per heavy atom. The number of hydrogen-bond acceptors (Lipinski definition) is 2. The van der Waals surface area contributed by atoms with Crippen molar-refractivity contribution in [3.05, 3.63) is 58.8 Å². The van der Waals surface area contributed by atoms with E-state index < -0.39 is 23.3 Å². The predicted molar refractivity (Wildman–Crippen MR) is 79.6 cm³/mol. The van der Waals surface area contributed by atoms with Crippen LogP contribution in [0.3, 0.4) is 0 Å². The van der Waals surface area contributed by atoms with Crippen molar-refractivity contribution in [1.29, 1.82) is 0 Å². The van der Waals surface area contributed by atoms with Gasteiger partial charge in [-0.15, -0.1) is 0 Å². The van der Waals surface area contributed by atoms with Crippen LogP contribution in [0.5, 0.6) is 0 Å². The van der Waals surface area contributed by atoms with E-state index in [9.17, 15) is 18.4 Å². The maximum atomic E-state index is 13.8. The van der Waals surface area contributed by atoms with Gasteiger partial charge in [0.05, 0.1) is 0 Å². The molecule has 0 spiro atoms. The van der Waals surface area contributed by atoms with Gasteiger partial charge in [-0.3, -0.25) is 9.59 Å². The number of allylic oxidation sites excluding steroid dienone is 3. The summed E-state index contributed by atoms with van der Waals surface area (Å²) < 4.78 is 27.5. The van der Waals surface area contributed by atoms with Crippen LogP contribution in [-0.4, -0.2) is 11.7 Å². The summed E-state index contributed by atoms with van der Waals surface area (Å²) in [6, 6.07) is 5.98. The summed E-state index contributed by atoms with van der Waals surface area (Å²) in [5.74, 6) is -2.31. The Morgan fingerprint density at radius 2 is 1.77 bits per heavy atom. The normalized spacial score (nSPS) is 18.0. The van der Waals surface area contributed by atoms with Crippen LogP contribution in [-0.2, 0) is 0 Å². The molecule has 0 aliphatic heterocycles. The molecule has 0 fully saturated rings. The van der Waals surface area contributed by atoms with Crippen molar-refractivity contribution in [2.75, 3.05) is 0 Å². The number of Topliss-reactive ketones (excluding diaryl/α,β-unsaturated/α-hetero) is 1. The van der Waals surface area contributed by atoms with Gasteiger partial charge in [0.15, 0.2) is 5.78 Å². The number of carbonyl (C=O) groups excluding carboxylic acids is 2. The third kappa shape index (κ3) is 3.47. The second kappa shape index (κ2) is 6.64. The zero-order chi connectivity index (χ0) is 16.3. The van der Waals surface area contributed by atoms with E-state index in [2.05, 4.69) is 5.32 Å². The SMILES string of the molecule is CCC(=O)c1ccc(C(=O)NC2=C(F)CC(C)C=C2F)cc1. The van der Waals surface area contributed by atoms with E-state index in [1.165, 1.54) is 30.3 Å². The molecule has 1 unspecified atom stereocenters. The molecule has 1 aliphatic rings. The number of carbonyl (C=O) groups is 2. The van der Waals surface area contributed by atoms with Gasteiger partial charge in [-0.05, 0) is 24.1 Å². The maximum absolute atomic E-state index is 13.8. The molecule has 5 heteroatoms. The van der Waals surface area contributed by atoms with E-state index in [-0.39, 0.29) is 23.7 Å². The van der Waals surface area contributed by atoms with Crippen molar-refractivity contribution in [2.24, 2.45) is 5.92 Å². The second-order valence-electron chi connectivity index (χ2n) is 5.28. The lowest BCUT2D eigenvalue weighted by molar-refractivity contribution is 0.0959. The smallest absolute Gasteiger partial charge is 0.255 e. The number of hydrogen-bond donors (Lipinski definition) is 1. The van der Waals surface area contributed by atoms with Crippen molar-refractivity contribution in [1.82, 2.24) is 5.32 Å². The van der Waals surface area contributed by atoms with E-state index in [0.717, 1.165) is 0 Å². The van der Waals surface area contributed by atoms with E-state index in [4.69, 9.17) is 0 Å². The molecule has 3 nitrogen and oxygen atoms in total. The van der Waals surface area contributed by atoms with Crippen LogP contribution >= 0.6 is 0 Å². The lowest BCUT2D eigenvalue weighted by Gasteiger charge is -2.17. The molecule has 0 bridgehead atoms. The van der Waals surface area contributed by atoms with Crippen LogP contribution < -0.4 is 5.32 Å². The van der Waals surface area contributed by atoms with E-state index in [0.29, 0.717) is 12.0 Å². The van der Waals surface area contributed by atoms with Gasteiger partial charge in [0, 0.05) is 24.0 Å². The summed E-state index contributed by atoms with van der Waals surface area (Å²) in [5, 5.41) is 2.26. The largest absolute Gasteiger partial charge is 0.317 e. The Bertz CT molecular complexity index is 660. The van der Waals surface area contributed by atoms with Gasteiger partial charge in [-0.25, -0.2) is 8.78 Å². The van der Waals surface area contributed by atoms with E-state index in [1.54, 1.807) is 13.8 Å². The van der Waals surface area contributed by atoms with Gasteiger partial charge in [0.25, 0.3) is 5.91 Å². The van der Waals surface area contributed by atoms with Gasteiger partial charge in [-0.1, -0.05) is 26.0 Å². The molecule has 1 aromatic rings. The summed E-state index contributed by atoms with van der Waals surface area (Å²) in [6.45, 7) is 3.44. The van der Waals surface area contributed by atoms with Gasteiger partial charge >= 0.3 is 0 Å². The Hall–Kier alpha value is -2.30. The first-order valence-electron chi connectivity index (χ1n) is 7.13. The molecule has 22 heavy (non-hydrogen) atoms. The highest BCUT2D eigenvalue weighted by atomic mass is 19.1. The fraction of sp³-hybridized carbons (Fsp3) is 0.294. The summed E-state index contributed by atoms with van der Waals surface area (Å²) in [4.78, 5) is 23.6. The summed E-state index contributed by atoms with van der Waals surface area (Å²) >= 11 is 0. The third-order valence-corrected chi connectivity index (χ3v) is 3.47. The van der Waals surface area contributed by atoms with Gasteiger partial charge in [0.2, 0.25) is 0 Å². The predicted octanol–water partition coefficient (Wildman–Crippen LogP) is 4.08. The van der Waals surface area contributed by atoms with Gasteiger partial charge in [-0.2, -0.15) is 0 Å². The summed E-state index contributed by atoms with van der Waals surface area (Å²) in [6.07, 6.45) is 1.71. The highest BCUT2D eigenvalue weighted by molar-refractivity contribution is 5.99. The first-order chi connectivity index (χ1) is 10.4. The maximum Gasteiger partial charge on any atom is 0.255 e. The van der Waals surface area contributed by atoms with Gasteiger partial charge in [0.1, 0.15) is 17.4 Å². The third-order valence-electron chi connectivity index (χ3n) is 3.47. The highest BCUT2D eigenvalue weighted by Gasteiger charge is 2.22. The molecule has 0 saturated heterocycles. The minimum absolute atomic E-state index is 0.0315. The van der Waals surface area contributed by atoms with Crippen molar-refractivity contribution >= 4 is 11.7 Å². The molecule has 1 aliphatic carbocycles. The average Bonchev–Trinajstić information content (AvgIpc) is 2.50. The Morgan fingerprint density at radius 3 is 2.32 bits per heavy atom. The standard InChI is InChI=1S/C17H17F2NO2/c1-3-15(21)11-4-6-12(7-5-11)17(22)20-16-13(18)8-10(2)9-14(16)19/h4-8,10H,3,9H2,1-2H3,(H,20,22). The lowest BCUT2D eigenvalue weighted by Crippen LogP contribution is -2.26. The van der Waals surface area contributed by atoms with Crippen molar-refractivity contribution in [3.63, 3.8) is 0 Å². The molecule has 0 aromatic heterocycles. The Kier molecular flexibility index (Phi) is 4.85. The van der Waals surface area contributed by atoms with Crippen LogP contribution in [0.4, 0.5) is 8.78 Å². The molecule has 0 heterocycles. The van der Waals surface area contributed by atoms with E-state index >= 15 is 0 Å². The minimum atomic E-state index is -0.762. The monoisotopic (exact) mass is 305 g/mol. The molecular formula is C17H17F2NO2. The van der Waals surface area contributed by atoms with E-state index in [1.807, 2.05) is 0 Å². The van der Waals surface area contributed by atoms with Crippen LogP contribution in [0.2, 0.25) is 0 Å². The number of amides is 1. The fourth-order valence-electron chi connectivity index (χ4n) is 2.23. The molecule has 2 rings (SSSR count). The average molecular weight is 305 g/mol. The van der Waals surface area contributed by atoms with Crippen molar-refractivity contribution in [3.8, 4) is 0 Å². The number of halogens is 2. The molecule has 0 saturated carbocycles. The zero-order valence-corrected chi connectivity index (χ0v) is 12.5. The lowest BCUT2D eigenvalue weighted by atomic mass is 9.99. The Labute approximate surface area is 127 Å². The molecule has 0 radical (unpaired) electrons. The first-order valence-corrected chi connectivity index (χ1v) is 7.13. The topological polar surface area (TPSA) is 46.2 Å². The molecule has 1 N–H and O–H groups in total. The minimum Gasteiger partial charge on any atom is -0.317 e. The Balaban J connectivity index is 2.14. The fourth-order valence-corrected chi connectivity index (χ4v) is 2.23. The molecule has 1 amide bonds. The first kappa shape index (κ1) is 16.1. The molecule has 116 valence electrons. The van der Waals surface area contributed by atoms with Crippen LogP contribution in [0.1, 0.15) is 47.4 Å². The van der Waals surface area contributed by atoms with Gasteiger partial charge < -0.3 is 5.32 Å². The molecule has 1 aromatic carbocycles. The summed E-state index contributed by atoms with van der Waals surface area (Å²) in [5.41, 5.74) is 0.332. The molecular weight excluding hydrogens is 288 g/mol. The van der Waals surface area contributed by atoms with Crippen molar-refractivity contribution in [2.45, 2.75) is 26.7 Å². The number of rotatable bonds is 4. The van der Waals surface area contributed by atoms with Crippen LogP contribution in [0, 0.1) is 5.92 Å².